The highest BCUT2D eigenvalue weighted by Gasteiger charge is 2.49. The zero-order chi connectivity index (χ0) is 22.3. The van der Waals surface area contributed by atoms with Gasteiger partial charge in [-0.2, -0.15) is 0 Å². The van der Waals surface area contributed by atoms with Gasteiger partial charge in [-0.15, -0.1) is 0 Å². The average molecular weight is 425 g/mol. The number of H-pyrrole nitrogens is 1. The summed E-state index contributed by atoms with van der Waals surface area (Å²) in [6.45, 7) is 3.84. The minimum Gasteiger partial charge on any atom is -0.441 e. The molecule has 1 N–H and O–H groups in total. The summed E-state index contributed by atoms with van der Waals surface area (Å²) in [7, 11) is 0. The number of ether oxygens (including phenoxy) is 1. The second-order valence-corrected chi connectivity index (χ2v) is 8.38. The van der Waals surface area contributed by atoms with Crippen LogP contribution in [0.3, 0.4) is 0 Å². The molecular formula is C26H23N3O3. The number of amides is 1. The zero-order valence-electron chi connectivity index (χ0n) is 17.9. The number of cyclic esters (lactones) is 1. The molecule has 32 heavy (non-hydrogen) atoms. The Balaban J connectivity index is 1.49. The van der Waals surface area contributed by atoms with Gasteiger partial charge in [-0.25, -0.2) is 9.59 Å². The van der Waals surface area contributed by atoms with Gasteiger partial charge in [0.05, 0.1) is 11.4 Å². The fraction of sp³-hybridized carbons (Fsp3) is 0.154. The van der Waals surface area contributed by atoms with Crippen LogP contribution in [0.25, 0.3) is 16.9 Å². The van der Waals surface area contributed by atoms with Crippen molar-refractivity contribution in [1.29, 1.82) is 0 Å². The van der Waals surface area contributed by atoms with Crippen molar-refractivity contribution in [1.82, 2.24) is 9.55 Å². The number of nitrogens with zero attached hydrogens (tertiary/aromatic N) is 2. The maximum absolute atomic E-state index is 12.8. The number of hydrogen-bond donors (Lipinski definition) is 1. The van der Waals surface area contributed by atoms with Crippen LogP contribution < -0.4 is 10.6 Å². The Kier molecular flexibility index (Phi) is 4.70. The van der Waals surface area contributed by atoms with Crippen LogP contribution in [0.4, 0.5) is 10.5 Å². The van der Waals surface area contributed by atoms with E-state index in [1.807, 2.05) is 98.8 Å². The number of aromatic amines is 1. The van der Waals surface area contributed by atoms with Gasteiger partial charge < -0.3 is 9.72 Å². The number of rotatable bonds is 4. The van der Waals surface area contributed by atoms with E-state index >= 15 is 0 Å². The Morgan fingerprint density at radius 1 is 0.812 bits per heavy atom. The number of benzene rings is 3. The molecule has 1 saturated heterocycles. The van der Waals surface area contributed by atoms with Gasteiger partial charge >= 0.3 is 11.8 Å². The summed E-state index contributed by atoms with van der Waals surface area (Å²) in [5, 5.41) is 0. The first kappa shape index (κ1) is 19.9. The zero-order valence-corrected chi connectivity index (χ0v) is 17.9. The van der Waals surface area contributed by atoms with Crippen LogP contribution in [-0.4, -0.2) is 21.2 Å². The van der Waals surface area contributed by atoms with E-state index in [1.54, 1.807) is 15.7 Å². The van der Waals surface area contributed by atoms with E-state index in [2.05, 4.69) is 4.98 Å². The van der Waals surface area contributed by atoms with Gasteiger partial charge in [0, 0.05) is 11.9 Å². The van der Waals surface area contributed by atoms with Gasteiger partial charge in [0.2, 0.25) is 0 Å². The molecule has 6 nitrogen and oxygen atoms in total. The highest BCUT2D eigenvalue weighted by atomic mass is 16.6. The Labute approximate surface area is 185 Å². The highest BCUT2D eigenvalue weighted by molar-refractivity contribution is 5.91. The number of hydrogen-bond acceptors (Lipinski definition) is 3. The van der Waals surface area contributed by atoms with Crippen LogP contribution in [0.15, 0.2) is 95.9 Å². The van der Waals surface area contributed by atoms with E-state index < -0.39 is 5.60 Å². The third kappa shape index (κ3) is 3.39. The summed E-state index contributed by atoms with van der Waals surface area (Å²) in [6, 6.07) is 26.6. The van der Waals surface area contributed by atoms with Crippen molar-refractivity contribution < 1.29 is 9.53 Å². The molecule has 1 fully saturated rings. The molecule has 0 unspecified atom stereocenters. The van der Waals surface area contributed by atoms with E-state index in [9.17, 15) is 9.59 Å². The molecule has 4 aromatic rings. The fourth-order valence-electron chi connectivity index (χ4n) is 4.31. The van der Waals surface area contributed by atoms with Crippen LogP contribution in [0.5, 0.6) is 0 Å². The number of nitrogens with one attached hydrogen (secondary N) is 1. The second kappa shape index (κ2) is 7.57. The minimum atomic E-state index is -0.681. The first-order valence-corrected chi connectivity index (χ1v) is 10.5. The molecule has 0 saturated carbocycles. The largest absolute Gasteiger partial charge is 0.441 e. The summed E-state index contributed by atoms with van der Waals surface area (Å²) in [4.78, 5) is 29.9. The lowest BCUT2D eigenvalue weighted by molar-refractivity contribution is 0.0685. The van der Waals surface area contributed by atoms with Gasteiger partial charge in [0.15, 0.2) is 0 Å². The van der Waals surface area contributed by atoms with Crippen molar-refractivity contribution in [3.05, 3.63) is 107 Å². The molecule has 1 atom stereocenters. The molecule has 1 aromatic heterocycles. The first-order chi connectivity index (χ1) is 15.4. The molecule has 0 radical (unpaired) electrons. The van der Waals surface area contributed by atoms with Crippen LogP contribution in [0, 0.1) is 0 Å². The Hall–Kier alpha value is -4.06. The minimum absolute atomic E-state index is 0.222. The number of imidazole rings is 1. The first-order valence-electron chi connectivity index (χ1n) is 10.5. The molecule has 0 bridgehead atoms. The standard InChI is InChI=1S/C26H23N3O3/c1-26(2)23(19-11-7-4-8-12-19)29(25(31)32-26)21-15-13-20(14-16-21)28-17-22(27-24(28)30)18-9-5-3-6-10-18/h3-17,23H,1-2H3,(H,27,30)/t23-/m0/s1. The van der Waals surface area contributed by atoms with Crippen molar-refractivity contribution in [3.63, 3.8) is 0 Å². The van der Waals surface area contributed by atoms with Gasteiger partial charge in [0.1, 0.15) is 11.6 Å². The molecule has 6 heteroatoms. The normalized spacial score (nSPS) is 17.4. The van der Waals surface area contributed by atoms with Crippen molar-refractivity contribution in [2.45, 2.75) is 25.5 Å². The molecule has 5 rings (SSSR count). The summed E-state index contributed by atoms with van der Waals surface area (Å²) in [6.07, 6.45) is 1.40. The molecule has 1 amide bonds. The Morgan fingerprint density at radius 2 is 1.41 bits per heavy atom. The van der Waals surface area contributed by atoms with Crippen molar-refractivity contribution >= 4 is 11.8 Å². The maximum Gasteiger partial charge on any atom is 0.415 e. The summed E-state index contributed by atoms with van der Waals surface area (Å²) in [5.74, 6) is 0. The maximum atomic E-state index is 12.8. The Bertz CT molecular complexity index is 1310. The topological polar surface area (TPSA) is 67.3 Å². The summed E-state index contributed by atoms with van der Waals surface area (Å²) in [5.41, 5.74) is 3.20. The predicted molar refractivity (Wildman–Crippen MR) is 124 cm³/mol. The molecule has 1 aliphatic rings. The van der Waals surface area contributed by atoms with Crippen LogP contribution in [0.2, 0.25) is 0 Å². The van der Waals surface area contributed by atoms with Gasteiger partial charge in [0.25, 0.3) is 0 Å². The molecule has 160 valence electrons. The van der Waals surface area contributed by atoms with E-state index in [0.29, 0.717) is 11.4 Å². The Morgan fingerprint density at radius 3 is 2.06 bits per heavy atom. The SMILES string of the molecule is CC1(C)OC(=O)N(c2ccc(-n3cc(-c4ccccc4)[nH]c3=O)cc2)[C@H]1c1ccccc1. The van der Waals surface area contributed by atoms with E-state index in [1.165, 1.54) is 0 Å². The van der Waals surface area contributed by atoms with E-state index in [4.69, 9.17) is 4.74 Å². The number of aromatic nitrogens is 2. The lowest BCUT2D eigenvalue weighted by Gasteiger charge is -2.29. The molecule has 3 aromatic carbocycles. The third-order valence-corrected chi connectivity index (χ3v) is 5.79. The second-order valence-electron chi connectivity index (χ2n) is 8.38. The van der Waals surface area contributed by atoms with E-state index in [-0.39, 0.29) is 17.8 Å². The molecule has 0 aliphatic carbocycles. The lowest BCUT2D eigenvalue weighted by atomic mass is 9.91. The summed E-state index contributed by atoms with van der Waals surface area (Å²) >= 11 is 0. The molecular weight excluding hydrogens is 402 g/mol. The average Bonchev–Trinajstić information content (AvgIpc) is 3.30. The number of carbonyl (C=O) groups excluding carboxylic acids is 1. The fourth-order valence-corrected chi connectivity index (χ4v) is 4.31. The van der Waals surface area contributed by atoms with Crippen molar-refractivity contribution in [2.75, 3.05) is 4.90 Å². The number of anilines is 1. The van der Waals surface area contributed by atoms with Gasteiger partial charge in [-0.1, -0.05) is 60.7 Å². The van der Waals surface area contributed by atoms with Crippen LogP contribution in [-0.2, 0) is 4.74 Å². The smallest absolute Gasteiger partial charge is 0.415 e. The van der Waals surface area contributed by atoms with Gasteiger partial charge in [-0.3, -0.25) is 9.47 Å². The molecule has 1 aliphatic heterocycles. The quantitative estimate of drug-likeness (QED) is 0.482. The molecule has 0 spiro atoms. The van der Waals surface area contributed by atoms with Crippen molar-refractivity contribution in [3.8, 4) is 16.9 Å². The van der Waals surface area contributed by atoms with Gasteiger partial charge in [-0.05, 0) is 49.2 Å². The predicted octanol–water partition coefficient (Wildman–Crippen LogP) is 5.31. The van der Waals surface area contributed by atoms with E-state index in [0.717, 1.165) is 16.8 Å². The number of carbonyl (C=O) groups is 1. The lowest BCUT2D eigenvalue weighted by Crippen LogP contribution is -2.33. The van der Waals surface area contributed by atoms with Crippen LogP contribution >= 0.6 is 0 Å². The van der Waals surface area contributed by atoms with Crippen molar-refractivity contribution in [2.24, 2.45) is 0 Å². The monoisotopic (exact) mass is 425 g/mol. The summed E-state index contributed by atoms with van der Waals surface area (Å²) < 4.78 is 7.26. The highest BCUT2D eigenvalue weighted by Crippen LogP contribution is 2.43. The third-order valence-electron chi connectivity index (χ3n) is 5.79. The molecule has 2 heterocycles. The van der Waals surface area contributed by atoms with Crippen LogP contribution in [0.1, 0.15) is 25.5 Å².